The summed E-state index contributed by atoms with van der Waals surface area (Å²) in [6.45, 7) is 5.02. The lowest BCUT2D eigenvalue weighted by molar-refractivity contribution is -0.143. The van der Waals surface area contributed by atoms with Crippen LogP contribution in [0.1, 0.15) is 38.3 Å². The summed E-state index contributed by atoms with van der Waals surface area (Å²) in [6, 6.07) is 3.20. The topological polar surface area (TPSA) is 40.5 Å². The molecule has 5 heteroatoms. The predicted molar refractivity (Wildman–Crippen MR) is 73.9 cm³/mol. The van der Waals surface area contributed by atoms with Crippen LogP contribution < -0.4 is 0 Å². The Kier molecular flexibility index (Phi) is 6.25. The van der Waals surface area contributed by atoms with Crippen molar-refractivity contribution in [2.75, 3.05) is 13.1 Å². The molecule has 0 heterocycles. The minimum atomic E-state index is -1.08. The van der Waals surface area contributed by atoms with Crippen molar-refractivity contribution in [1.82, 2.24) is 4.90 Å². The highest BCUT2D eigenvalue weighted by Gasteiger charge is 2.30. The molecule has 1 N–H and O–H groups in total. The summed E-state index contributed by atoms with van der Waals surface area (Å²) >= 11 is 5.97. The maximum absolute atomic E-state index is 13.9. The first-order valence-electron chi connectivity index (χ1n) is 6.43. The molecule has 1 atom stereocenters. The number of rotatable bonds is 7. The van der Waals surface area contributed by atoms with Crippen LogP contribution in [0, 0.1) is 5.82 Å². The summed E-state index contributed by atoms with van der Waals surface area (Å²) in [5.41, 5.74) is 0.0506. The van der Waals surface area contributed by atoms with E-state index >= 15 is 0 Å². The van der Waals surface area contributed by atoms with Crippen molar-refractivity contribution in [3.63, 3.8) is 0 Å². The van der Waals surface area contributed by atoms with Crippen molar-refractivity contribution in [3.05, 3.63) is 34.6 Å². The van der Waals surface area contributed by atoms with Crippen LogP contribution in [0.25, 0.3) is 0 Å². The van der Waals surface area contributed by atoms with Crippen molar-refractivity contribution in [2.45, 2.75) is 32.7 Å². The van der Waals surface area contributed by atoms with Gasteiger partial charge in [-0.05, 0) is 31.6 Å². The molecule has 106 valence electrons. The first-order valence-corrected chi connectivity index (χ1v) is 6.81. The fourth-order valence-corrected chi connectivity index (χ4v) is 2.33. The first-order chi connectivity index (χ1) is 9.02. The molecule has 3 nitrogen and oxygen atoms in total. The van der Waals surface area contributed by atoms with Gasteiger partial charge in [0.2, 0.25) is 0 Å². The lowest BCUT2D eigenvalue weighted by Crippen LogP contribution is -2.35. The van der Waals surface area contributed by atoms with E-state index in [0.717, 1.165) is 12.8 Å². The zero-order valence-corrected chi connectivity index (χ0v) is 12.0. The van der Waals surface area contributed by atoms with Crippen LogP contribution in [0.15, 0.2) is 18.2 Å². The number of aliphatic carboxylic acids is 1. The van der Waals surface area contributed by atoms with Crippen LogP contribution in [0.3, 0.4) is 0 Å². The van der Waals surface area contributed by atoms with Gasteiger partial charge in [0, 0.05) is 10.6 Å². The Balaban J connectivity index is 3.15. The summed E-state index contributed by atoms with van der Waals surface area (Å²) in [6.07, 6.45) is 1.82. The van der Waals surface area contributed by atoms with E-state index in [9.17, 15) is 14.3 Å². The third-order valence-corrected chi connectivity index (χ3v) is 3.41. The van der Waals surface area contributed by atoms with E-state index in [-0.39, 0.29) is 10.6 Å². The highest BCUT2D eigenvalue weighted by Crippen LogP contribution is 2.30. The van der Waals surface area contributed by atoms with E-state index in [1.165, 1.54) is 18.2 Å². The van der Waals surface area contributed by atoms with Crippen LogP contribution >= 0.6 is 11.6 Å². The molecule has 0 bridgehead atoms. The van der Waals surface area contributed by atoms with Gasteiger partial charge in [0.25, 0.3) is 0 Å². The average Bonchev–Trinajstić information content (AvgIpc) is 2.36. The second kappa shape index (κ2) is 7.46. The van der Waals surface area contributed by atoms with Crippen LogP contribution in [-0.2, 0) is 4.79 Å². The standard InChI is InChI=1S/C14H19ClFNO2/c1-3-5-9-17(4-2)13(14(18)19)12-10(15)7-6-8-11(12)16/h6-8,13H,3-5,9H2,1-2H3,(H,18,19). The molecular weight excluding hydrogens is 269 g/mol. The number of carboxylic acid groups (broad SMARTS) is 1. The fourth-order valence-electron chi connectivity index (χ4n) is 2.07. The highest BCUT2D eigenvalue weighted by molar-refractivity contribution is 6.31. The second-order valence-electron chi connectivity index (χ2n) is 4.36. The molecule has 19 heavy (non-hydrogen) atoms. The SMILES string of the molecule is CCCCN(CC)C(C(=O)O)c1c(F)cccc1Cl. The lowest BCUT2D eigenvalue weighted by Gasteiger charge is -2.28. The molecule has 0 fully saturated rings. The van der Waals surface area contributed by atoms with Gasteiger partial charge in [0.05, 0.1) is 0 Å². The third kappa shape index (κ3) is 3.91. The zero-order chi connectivity index (χ0) is 14.4. The summed E-state index contributed by atoms with van der Waals surface area (Å²) in [4.78, 5) is 13.2. The summed E-state index contributed by atoms with van der Waals surface area (Å²) < 4.78 is 13.9. The Hall–Kier alpha value is -1.13. The van der Waals surface area contributed by atoms with Gasteiger partial charge in [-0.3, -0.25) is 9.69 Å². The van der Waals surface area contributed by atoms with E-state index in [1.54, 1.807) is 4.90 Å². The van der Waals surface area contributed by atoms with E-state index in [2.05, 4.69) is 0 Å². The molecule has 0 aromatic heterocycles. The molecular formula is C14H19ClFNO2. The number of carbonyl (C=O) groups is 1. The Bertz CT molecular complexity index is 419. The Morgan fingerprint density at radius 2 is 2.16 bits per heavy atom. The van der Waals surface area contributed by atoms with E-state index in [1.807, 2.05) is 13.8 Å². The van der Waals surface area contributed by atoms with Crippen molar-refractivity contribution >= 4 is 17.6 Å². The largest absolute Gasteiger partial charge is 0.480 e. The maximum Gasteiger partial charge on any atom is 0.325 e. The minimum Gasteiger partial charge on any atom is -0.480 e. The molecule has 1 unspecified atom stereocenters. The van der Waals surface area contributed by atoms with E-state index in [4.69, 9.17) is 11.6 Å². The number of likely N-dealkylation sites (N-methyl/N-ethyl adjacent to an activating group) is 1. The molecule has 0 aliphatic carbocycles. The zero-order valence-electron chi connectivity index (χ0n) is 11.2. The molecule has 1 aromatic carbocycles. The van der Waals surface area contributed by atoms with Gasteiger partial charge in [-0.15, -0.1) is 0 Å². The number of nitrogens with zero attached hydrogens (tertiary/aromatic N) is 1. The lowest BCUT2D eigenvalue weighted by atomic mass is 10.0. The highest BCUT2D eigenvalue weighted by atomic mass is 35.5. The summed E-state index contributed by atoms with van der Waals surface area (Å²) in [5, 5.41) is 9.56. The molecule has 0 amide bonds. The molecule has 0 saturated heterocycles. The van der Waals surface area contributed by atoms with Gasteiger partial charge in [-0.25, -0.2) is 4.39 Å². The van der Waals surface area contributed by atoms with Gasteiger partial charge in [-0.2, -0.15) is 0 Å². The third-order valence-electron chi connectivity index (χ3n) is 3.08. The predicted octanol–water partition coefficient (Wildman–Crippen LogP) is 3.73. The quantitative estimate of drug-likeness (QED) is 0.831. The molecule has 0 aliphatic heterocycles. The smallest absolute Gasteiger partial charge is 0.325 e. The van der Waals surface area contributed by atoms with Crippen LogP contribution in [-0.4, -0.2) is 29.1 Å². The van der Waals surface area contributed by atoms with Crippen LogP contribution in [0.5, 0.6) is 0 Å². The summed E-state index contributed by atoms with van der Waals surface area (Å²) in [5.74, 6) is -1.65. The van der Waals surface area contributed by atoms with Gasteiger partial charge < -0.3 is 5.11 Å². The number of carboxylic acids is 1. The molecule has 0 radical (unpaired) electrons. The van der Waals surface area contributed by atoms with E-state index in [0.29, 0.717) is 13.1 Å². The maximum atomic E-state index is 13.9. The molecule has 0 saturated carbocycles. The van der Waals surface area contributed by atoms with Crippen LogP contribution in [0.2, 0.25) is 5.02 Å². The number of halogens is 2. The van der Waals surface area contributed by atoms with Crippen LogP contribution in [0.4, 0.5) is 4.39 Å². The van der Waals surface area contributed by atoms with Gasteiger partial charge in [0.15, 0.2) is 0 Å². The first kappa shape index (κ1) is 15.9. The Morgan fingerprint density at radius 1 is 1.47 bits per heavy atom. The molecule has 1 aromatic rings. The minimum absolute atomic E-state index is 0.0506. The summed E-state index contributed by atoms with van der Waals surface area (Å²) in [7, 11) is 0. The Labute approximate surface area is 118 Å². The van der Waals surface area contributed by atoms with Crippen molar-refractivity contribution in [1.29, 1.82) is 0 Å². The average molecular weight is 288 g/mol. The van der Waals surface area contributed by atoms with Gasteiger partial charge in [-0.1, -0.05) is 37.9 Å². The number of hydrogen-bond acceptors (Lipinski definition) is 2. The van der Waals surface area contributed by atoms with Crippen molar-refractivity contribution in [3.8, 4) is 0 Å². The number of benzene rings is 1. The fraction of sp³-hybridized carbons (Fsp3) is 0.500. The van der Waals surface area contributed by atoms with Gasteiger partial charge in [0.1, 0.15) is 11.9 Å². The molecule has 0 spiro atoms. The molecule has 0 aliphatic rings. The number of hydrogen-bond donors (Lipinski definition) is 1. The van der Waals surface area contributed by atoms with Crippen molar-refractivity contribution < 1.29 is 14.3 Å². The monoisotopic (exact) mass is 287 g/mol. The Morgan fingerprint density at radius 3 is 2.63 bits per heavy atom. The van der Waals surface area contributed by atoms with Gasteiger partial charge >= 0.3 is 5.97 Å². The van der Waals surface area contributed by atoms with Crippen molar-refractivity contribution in [2.24, 2.45) is 0 Å². The normalized spacial score (nSPS) is 12.7. The molecule has 1 rings (SSSR count). The second-order valence-corrected chi connectivity index (χ2v) is 4.77. The number of unbranched alkanes of at least 4 members (excludes halogenated alkanes) is 1. The van der Waals surface area contributed by atoms with E-state index < -0.39 is 17.8 Å².